The summed E-state index contributed by atoms with van der Waals surface area (Å²) < 4.78 is 18.2. The van der Waals surface area contributed by atoms with Gasteiger partial charge in [0.2, 0.25) is 0 Å². The van der Waals surface area contributed by atoms with Crippen molar-refractivity contribution < 1.29 is 19.0 Å². The Labute approximate surface area is 193 Å². The zero-order valence-electron chi connectivity index (χ0n) is 18.1. The van der Waals surface area contributed by atoms with Gasteiger partial charge >= 0.3 is 14.2 Å². The van der Waals surface area contributed by atoms with Crippen molar-refractivity contribution in [2.24, 2.45) is 5.73 Å². The fourth-order valence-electron chi connectivity index (χ4n) is 4.91. The van der Waals surface area contributed by atoms with Gasteiger partial charge in [0.15, 0.2) is 0 Å². The highest BCUT2D eigenvalue weighted by atomic mass is 16.6. The van der Waals surface area contributed by atoms with E-state index in [1.165, 1.54) is 16.3 Å². The molecule has 2 aliphatic rings. The molecule has 0 saturated heterocycles. The molecule has 2 heterocycles. The molecule has 162 valence electrons. The first-order valence-corrected chi connectivity index (χ1v) is 11.2. The molecule has 33 heavy (non-hydrogen) atoms. The number of hydrogen-bond donors (Lipinski definition) is 2. The van der Waals surface area contributed by atoms with Crippen molar-refractivity contribution in [2.75, 3.05) is 6.54 Å². The number of nitrogens with two attached hydrogens (primary N) is 1. The zero-order chi connectivity index (χ0) is 22.4. The lowest BCUT2D eigenvalue weighted by Crippen LogP contribution is -2.35. The van der Waals surface area contributed by atoms with Gasteiger partial charge in [-0.05, 0) is 44.0 Å². The van der Waals surface area contributed by atoms with E-state index in [9.17, 15) is 5.02 Å². The van der Waals surface area contributed by atoms with Crippen LogP contribution >= 0.6 is 0 Å². The molecule has 4 aromatic carbocycles. The minimum Gasteiger partial charge on any atom is -0.423 e. The van der Waals surface area contributed by atoms with Crippen LogP contribution in [0.3, 0.4) is 0 Å². The summed E-state index contributed by atoms with van der Waals surface area (Å²) in [5, 5.41) is 12.6. The van der Waals surface area contributed by atoms with Crippen LogP contribution in [-0.4, -0.2) is 25.8 Å². The topological polar surface area (TPSA) is 73.9 Å². The summed E-state index contributed by atoms with van der Waals surface area (Å²) in [5.41, 5.74) is 12.1. The Morgan fingerprint density at radius 1 is 0.939 bits per heavy atom. The van der Waals surface area contributed by atoms with Gasteiger partial charge in [-0.1, -0.05) is 84.9 Å². The Bertz CT molecular complexity index is 1310. The Morgan fingerprint density at radius 2 is 1.73 bits per heavy atom. The zero-order valence-corrected chi connectivity index (χ0v) is 18.1. The molecule has 3 N–H and O–H groups in total. The quantitative estimate of drug-likeness (QED) is 0.472. The third kappa shape index (κ3) is 3.59. The number of hydrogen-bond acceptors (Lipinski definition) is 5. The summed E-state index contributed by atoms with van der Waals surface area (Å²) >= 11 is 0. The van der Waals surface area contributed by atoms with Crippen molar-refractivity contribution in [2.45, 2.75) is 18.8 Å². The summed E-state index contributed by atoms with van der Waals surface area (Å²) in [6, 6.07) is 28.3. The maximum atomic E-state index is 10.2. The number of benzene rings is 4. The molecule has 0 saturated carbocycles. The monoisotopic (exact) mass is 435 g/mol. The molecule has 0 aromatic heterocycles. The Balaban J connectivity index is 1.23. The van der Waals surface area contributed by atoms with Crippen molar-refractivity contribution in [3.05, 3.63) is 107 Å². The Kier molecular flexibility index (Phi) is 5.29. The molecule has 0 amide bonds. The van der Waals surface area contributed by atoms with Crippen molar-refractivity contribution in [3.63, 3.8) is 0 Å². The largest absolute Gasteiger partial charge is 0.495 e. The van der Waals surface area contributed by atoms with E-state index in [0.29, 0.717) is 13.2 Å². The van der Waals surface area contributed by atoms with Crippen LogP contribution in [0.4, 0.5) is 0 Å². The van der Waals surface area contributed by atoms with Gasteiger partial charge in [0.05, 0.1) is 18.8 Å². The normalized spacial score (nSPS) is 17.9. The summed E-state index contributed by atoms with van der Waals surface area (Å²) in [5.74, 6) is 0. The lowest BCUT2D eigenvalue weighted by Gasteiger charge is -2.20. The van der Waals surface area contributed by atoms with Crippen molar-refractivity contribution in [3.8, 4) is 0 Å². The summed E-state index contributed by atoms with van der Waals surface area (Å²) in [6.45, 7) is 0.863. The summed E-state index contributed by atoms with van der Waals surface area (Å²) in [7, 11) is -1.35. The van der Waals surface area contributed by atoms with Gasteiger partial charge in [0, 0.05) is 6.54 Å². The SMILES string of the molecule is NCC(OB1OCc2c1ccc1ccccc21)c1ccc(C2OB(O)c3ccccc32)cc1. The van der Waals surface area contributed by atoms with E-state index in [2.05, 4.69) is 24.3 Å². The summed E-state index contributed by atoms with van der Waals surface area (Å²) in [4.78, 5) is 0. The minimum absolute atomic E-state index is 0.291. The second-order valence-corrected chi connectivity index (χ2v) is 8.52. The van der Waals surface area contributed by atoms with E-state index in [-0.39, 0.29) is 12.2 Å². The van der Waals surface area contributed by atoms with Crippen LogP contribution in [0.15, 0.2) is 84.9 Å². The van der Waals surface area contributed by atoms with Crippen molar-refractivity contribution in [1.29, 1.82) is 0 Å². The molecule has 0 radical (unpaired) electrons. The van der Waals surface area contributed by atoms with Crippen molar-refractivity contribution in [1.82, 2.24) is 0 Å². The fraction of sp³-hybridized carbons (Fsp3) is 0.154. The van der Waals surface area contributed by atoms with Crippen molar-refractivity contribution >= 4 is 35.9 Å². The van der Waals surface area contributed by atoms with Crippen LogP contribution in [0.5, 0.6) is 0 Å². The predicted molar refractivity (Wildman–Crippen MR) is 130 cm³/mol. The average molecular weight is 435 g/mol. The predicted octanol–water partition coefficient (Wildman–Crippen LogP) is 2.59. The molecule has 0 bridgehead atoms. The molecule has 2 atom stereocenters. The van der Waals surface area contributed by atoms with Gasteiger partial charge in [0.1, 0.15) is 0 Å². The minimum atomic E-state index is -0.901. The Hall–Kier alpha value is -2.93. The number of rotatable bonds is 5. The number of fused-ring (bicyclic) bond motifs is 4. The maximum Gasteiger partial charge on any atom is 0.495 e. The smallest absolute Gasteiger partial charge is 0.423 e. The van der Waals surface area contributed by atoms with E-state index < -0.39 is 14.2 Å². The van der Waals surface area contributed by atoms with E-state index in [1.807, 2.05) is 60.7 Å². The highest BCUT2D eigenvalue weighted by molar-refractivity contribution is 6.63. The fourth-order valence-corrected chi connectivity index (χ4v) is 4.91. The van der Waals surface area contributed by atoms with Gasteiger partial charge in [-0.3, -0.25) is 0 Å². The first-order valence-electron chi connectivity index (χ1n) is 11.2. The molecule has 4 aromatic rings. The molecule has 2 unspecified atom stereocenters. The maximum absolute atomic E-state index is 10.2. The molecule has 0 fully saturated rings. The highest BCUT2D eigenvalue weighted by Crippen LogP contribution is 2.32. The summed E-state index contributed by atoms with van der Waals surface area (Å²) in [6.07, 6.45) is -0.593. The van der Waals surface area contributed by atoms with Crippen LogP contribution in [0, 0.1) is 0 Å². The molecule has 0 spiro atoms. The average Bonchev–Trinajstić information content (AvgIpc) is 3.44. The van der Waals surface area contributed by atoms with Crippen LogP contribution in [-0.2, 0) is 20.6 Å². The van der Waals surface area contributed by atoms with Gasteiger partial charge in [0.25, 0.3) is 0 Å². The van der Waals surface area contributed by atoms with Crippen LogP contribution < -0.4 is 16.7 Å². The molecule has 5 nitrogen and oxygen atoms in total. The third-order valence-electron chi connectivity index (χ3n) is 6.63. The van der Waals surface area contributed by atoms with E-state index in [0.717, 1.165) is 27.6 Å². The first kappa shape index (κ1) is 20.7. The van der Waals surface area contributed by atoms with Gasteiger partial charge < -0.3 is 24.7 Å². The highest BCUT2D eigenvalue weighted by Gasteiger charge is 2.36. The van der Waals surface area contributed by atoms with Crippen LogP contribution in [0.2, 0.25) is 0 Å². The van der Waals surface area contributed by atoms with Crippen LogP contribution in [0.25, 0.3) is 10.8 Å². The molecule has 0 aliphatic carbocycles. The molecule has 6 rings (SSSR count). The molecular weight excluding hydrogens is 412 g/mol. The van der Waals surface area contributed by atoms with E-state index in [1.54, 1.807) is 0 Å². The van der Waals surface area contributed by atoms with Gasteiger partial charge in [-0.15, -0.1) is 0 Å². The van der Waals surface area contributed by atoms with E-state index in [4.69, 9.17) is 19.7 Å². The standard InChI is InChI=1S/C26H23B2NO4/c29-15-25(32-28-24-14-13-17-5-1-2-6-20(17)22(24)16-31-28)18-9-11-19(12-10-18)26-21-7-3-4-8-23(21)27(30)33-26/h1-14,25-26,30H,15-16,29H2. The first-order chi connectivity index (χ1) is 16.2. The second-order valence-electron chi connectivity index (χ2n) is 8.52. The molecule has 2 aliphatic heterocycles. The molecule has 7 heteroatoms. The Morgan fingerprint density at radius 3 is 2.58 bits per heavy atom. The van der Waals surface area contributed by atoms with Crippen LogP contribution in [0.1, 0.15) is 34.5 Å². The lowest BCUT2D eigenvalue weighted by atomic mass is 9.77. The van der Waals surface area contributed by atoms with E-state index >= 15 is 0 Å². The lowest BCUT2D eigenvalue weighted by molar-refractivity contribution is 0.152. The van der Waals surface area contributed by atoms with Gasteiger partial charge in [-0.2, -0.15) is 0 Å². The third-order valence-corrected chi connectivity index (χ3v) is 6.63. The second kappa shape index (κ2) is 8.45. The van der Waals surface area contributed by atoms with Gasteiger partial charge in [-0.25, -0.2) is 0 Å². The molecular formula is C26H23B2NO4.